The van der Waals surface area contributed by atoms with Gasteiger partial charge in [-0.1, -0.05) is 30.3 Å². The van der Waals surface area contributed by atoms with E-state index in [-0.39, 0.29) is 6.54 Å². The number of nitrogens with zero attached hydrogens (tertiary/aromatic N) is 1. The highest BCUT2D eigenvalue weighted by Crippen LogP contribution is 2.21. The fraction of sp³-hybridized carbons (Fsp3) is 0.100. The van der Waals surface area contributed by atoms with E-state index >= 15 is 0 Å². The predicted molar refractivity (Wildman–Crippen MR) is 50.2 cm³/mol. The SMILES string of the molecule is O=C(O)N1CC=C(c2ccccc2)O1. The van der Waals surface area contributed by atoms with Gasteiger partial charge in [0.25, 0.3) is 0 Å². The fourth-order valence-corrected chi connectivity index (χ4v) is 1.25. The zero-order chi connectivity index (χ0) is 9.97. The van der Waals surface area contributed by atoms with E-state index in [1.54, 1.807) is 6.08 Å². The quantitative estimate of drug-likeness (QED) is 0.738. The number of hydroxylamine groups is 2. The van der Waals surface area contributed by atoms with Gasteiger partial charge >= 0.3 is 6.09 Å². The van der Waals surface area contributed by atoms with Crippen LogP contribution < -0.4 is 0 Å². The molecule has 0 bridgehead atoms. The Kier molecular flexibility index (Phi) is 2.10. The normalized spacial score (nSPS) is 14.9. The molecule has 0 spiro atoms. The Hall–Kier alpha value is -1.97. The number of hydrogen-bond acceptors (Lipinski definition) is 2. The van der Waals surface area contributed by atoms with E-state index in [9.17, 15) is 4.79 Å². The standard InChI is InChI=1S/C10H9NO3/c12-10(13)11-7-6-9(14-11)8-4-2-1-3-5-8/h1-6H,7H2,(H,12,13). The van der Waals surface area contributed by atoms with E-state index in [0.29, 0.717) is 5.76 Å². The minimum Gasteiger partial charge on any atom is -0.463 e. The smallest absolute Gasteiger partial charge is 0.441 e. The second-order valence-electron chi connectivity index (χ2n) is 2.87. The Morgan fingerprint density at radius 2 is 2.07 bits per heavy atom. The van der Waals surface area contributed by atoms with Crippen molar-refractivity contribution in [2.24, 2.45) is 0 Å². The van der Waals surface area contributed by atoms with Gasteiger partial charge in [-0.05, 0) is 6.08 Å². The summed E-state index contributed by atoms with van der Waals surface area (Å²) in [6.07, 6.45) is 0.663. The largest absolute Gasteiger partial charge is 0.463 e. The van der Waals surface area contributed by atoms with E-state index in [0.717, 1.165) is 10.6 Å². The molecule has 0 radical (unpaired) electrons. The maximum absolute atomic E-state index is 10.5. The Morgan fingerprint density at radius 1 is 1.36 bits per heavy atom. The third-order valence-electron chi connectivity index (χ3n) is 1.92. The topological polar surface area (TPSA) is 49.8 Å². The van der Waals surface area contributed by atoms with Crippen molar-refractivity contribution in [1.29, 1.82) is 0 Å². The first kappa shape index (κ1) is 8.62. The van der Waals surface area contributed by atoms with Crippen molar-refractivity contribution < 1.29 is 14.7 Å². The molecule has 1 heterocycles. The van der Waals surface area contributed by atoms with Crippen LogP contribution in [0.3, 0.4) is 0 Å². The minimum absolute atomic E-state index is 0.277. The summed E-state index contributed by atoms with van der Waals surface area (Å²) in [6.45, 7) is 0.277. The van der Waals surface area contributed by atoms with Crippen LogP contribution in [0.5, 0.6) is 0 Å². The van der Waals surface area contributed by atoms with Crippen LogP contribution in [0.4, 0.5) is 4.79 Å². The predicted octanol–water partition coefficient (Wildman–Crippen LogP) is 1.95. The van der Waals surface area contributed by atoms with E-state index < -0.39 is 6.09 Å². The highest BCUT2D eigenvalue weighted by Gasteiger charge is 2.21. The molecule has 1 aliphatic heterocycles. The Morgan fingerprint density at radius 3 is 2.64 bits per heavy atom. The molecule has 4 heteroatoms. The van der Waals surface area contributed by atoms with Gasteiger partial charge in [0.2, 0.25) is 0 Å². The number of carboxylic acid groups (broad SMARTS) is 1. The van der Waals surface area contributed by atoms with Crippen LogP contribution >= 0.6 is 0 Å². The van der Waals surface area contributed by atoms with Gasteiger partial charge in [0, 0.05) is 5.56 Å². The third kappa shape index (κ3) is 1.54. The van der Waals surface area contributed by atoms with Gasteiger partial charge in [0.15, 0.2) is 5.76 Å². The zero-order valence-electron chi connectivity index (χ0n) is 7.38. The van der Waals surface area contributed by atoms with E-state index in [2.05, 4.69) is 0 Å². The van der Waals surface area contributed by atoms with Gasteiger partial charge < -0.3 is 9.94 Å². The summed E-state index contributed by atoms with van der Waals surface area (Å²) in [5, 5.41) is 9.54. The van der Waals surface area contributed by atoms with Crippen LogP contribution in [0.25, 0.3) is 5.76 Å². The molecule has 4 nitrogen and oxygen atoms in total. The van der Waals surface area contributed by atoms with Crippen molar-refractivity contribution in [3.8, 4) is 0 Å². The molecule has 14 heavy (non-hydrogen) atoms. The Bertz CT molecular complexity index is 372. The number of rotatable bonds is 1. The lowest BCUT2D eigenvalue weighted by molar-refractivity contribution is -0.0378. The molecular formula is C10H9NO3. The molecule has 72 valence electrons. The lowest BCUT2D eigenvalue weighted by atomic mass is 10.2. The van der Waals surface area contributed by atoms with Gasteiger partial charge in [-0.25, -0.2) is 4.79 Å². The van der Waals surface area contributed by atoms with Crippen LogP contribution in [0.2, 0.25) is 0 Å². The highest BCUT2D eigenvalue weighted by atomic mass is 16.7. The summed E-state index contributed by atoms with van der Waals surface area (Å²) in [4.78, 5) is 15.6. The van der Waals surface area contributed by atoms with Crippen molar-refractivity contribution in [2.75, 3.05) is 6.54 Å². The van der Waals surface area contributed by atoms with Gasteiger partial charge in [-0.15, -0.1) is 5.06 Å². The molecule has 2 rings (SSSR count). The summed E-state index contributed by atoms with van der Waals surface area (Å²) < 4.78 is 0. The van der Waals surface area contributed by atoms with Crippen molar-refractivity contribution >= 4 is 11.9 Å². The number of amides is 1. The molecule has 1 aromatic rings. The van der Waals surface area contributed by atoms with Crippen molar-refractivity contribution in [2.45, 2.75) is 0 Å². The Balaban J connectivity index is 2.13. The van der Waals surface area contributed by atoms with E-state index in [4.69, 9.17) is 9.94 Å². The average molecular weight is 191 g/mol. The van der Waals surface area contributed by atoms with Gasteiger partial charge in [0.05, 0.1) is 6.54 Å². The van der Waals surface area contributed by atoms with Crippen molar-refractivity contribution in [1.82, 2.24) is 5.06 Å². The lowest BCUT2D eigenvalue weighted by Gasteiger charge is -2.11. The molecular weight excluding hydrogens is 182 g/mol. The molecule has 0 atom stereocenters. The second-order valence-corrected chi connectivity index (χ2v) is 2.87. The summed E-state index contributed by atoms with van der Waals surface area (Å²) in [6, 6.07) is 9.40. The average Bonchev–Trinajstić information content (AvgIpc) is 2.68. The third-order valence-corrected chi connectivity index (χ3v) is 1.92. The maximum Gasteiger partial charge on any atom is 0.441 e. The van der Waals surface area contributed by atoms with Crippen molar-refractivity contribution in [3.05, 3.63) is 42.0 Å². The van der Waals surface area contributed by atoms with Crippen LogP contribution in [-0.2, 0) is 4.84 Å². The molecule has 0 unspecified atom stereocenters. The molecule has 0 saturated heterocycles. The van der Waals surface area contributed by atoms with E-state index in [1.807, 2.05) is 30.3 Å². The van der Waals surface area contributed by atoms with Gasteiger partial charge in [-0.3, -0.25) is 0 Å². The highest BCUT2D eigenvalue weighted by molar-refractivity contribution is 5.69. The summed E-state index contributed by atoms with van der Waals surface area (Å²) in [5.41, 5.74) is 0.885. The molecule has 1 N–H and O–H groups in total. The molecule has 0 aliphatic carbocycles. The van der Waals surface area contributed by atoms with Gasteiger partial charge in [0.1, 0.15) is 0 Å². The zero-order valence-corrected chi connectivity index (χ0v) is 7.38. The molecule has 1 amide bonds. The Labute approximate surface area is 81.0 Å². The number of carbonyl (C=O) groups is 1. The summed E-state index contributed by atoms with van der Waals surface area (Å²) in [7, 11) is 0. The second kappa shape index (κ2) is 3.41. The van der Waals surface area contributed by atoms with Crippen LogP contribution in [0, 0.1) is 0 Å². The first-order chi connectivity index (χ1) is 6.77. The minimum atomic E-state index is -1.08. The molecule has 1 aromatic carbocycles. The maximum atomic E-state index is 10.5. The first-order valence-electron chi connectivity index (χ1n) is 4.21. The van der Waals surface area contributed by atoms with Crippen LogP contribution in [0.1, 0.15) is 5.56 Å². The lowest BCUT2D eigenvalue weighted by Crippen LogP contribution is -2.24. The molecule has 1 aliphatic rings. The first-order valence-corrected chi connectivity index (χ1v) is 4.21. The molecule has 0 aromatic heterocycles. The molecule has 0 fully saturated rings. The van der Waals surface area contributed by atoms with Gasteiger partial charge in [-0.2, -0.15) is 0 Å². The molecule has 0 saturated carbocycles. The fourth-order valence-electron chi connectivity index (χ4n) is 1.25. The monoisotopic (exact) mass is 191 g/mol. The number of benzene rings is 1. The number of hydrogen-bond donors (Lipinski definition) is 1. The van der Waals surface area contributed by atoms with E-state index in [1.165, 1.54) is 0 Å². The van der Waals surface area contributed by atoms with Crippen LogP contribution in [-0.4, -0.2) is 22.8 Å². The summed E-state index contributed by atoms with van der Waals surface area (Å²) >= 11 is 0. The van der Waals surface area contributed by atoms with Crippen LogP contribution in [0.15, 0.2) is 36.4 Å². The van der Waals surface area contributed by atoms with Crippen molar-refractivity contribution in [3.63, 3.8) is 0 Å². The summed E-state index contributed by atoms with van der Waals surface area (Å²) in [5.74, 6) is 0.591.